The van der Waals surface area contributed by atoms with Crippen molar-refractivity contribution in [1.29, 1.82) is 0 Å². The second-order valence-corrected chi connectivity index (χ2v) is 6.88. The van der Waals surface area contributed by atoms with E-state index in [1.165, 1.54) is 0 Å². The van der Waals surface area contributed by atoms with E-state index >= 15 is 0 Å². The number of nitrogens with one attached hydrogen (secondary N) is 1. The topological polar surface area (TPSA) is 80.4 Å². The summed E-state index contributed by atoms with van der Waals surface area (Å²) in [5.41, 5.74) is 2.78. The maximum absolute atomic E-state index is 10.4. The van der Waals surface area contributed by atoms with Crippen LogP contribution in [0.25, 0.3) is 16.8 Å². The standard InChI is InChI=1S/C19H23N7O/c1-24-13-16(12-22-24)17-14-26-18(3-6-21-26)19(23-17)20-11-15-4-8-25(9-5-15)7-2-10-27/h2-3,6-7,10,12-15H,4-5,8-9,11H2,1H3,(H,20,23)/b7-2+. The first-order valence-electron chi connectivity index (χ1n) is 9.16. The number of allylic oxidation sites excluding steroid dienone is 1. The average molecular weight is 365 g/mol. The predicted molar refractivity (Wildman–Crippen MR) is 103 cm³/mol. The van der Waals surface area contributed by atoms with Gasteiger partial charge in [0.15, 0.2) is 5.82 Å². The number of fused-ring (bicyclic) bond motifs is 1. The third kappa shape index (κ3) is 3.84. The fourth-order valence-electron chi connectivity index (χ4n) is 3.45. The lowest BCUT2D eigenvalue weighted by Crippen LogP contribution is -2.32. The molecule has 4 rings (SSSR count). The Morgan fingerprint density at radius 1 is 1.26 bits per heavy atom. The van der Waals surface area contributed by atoms with Gasteiger partial charge in [0.2, 0.25) is 0 Å². The summed E-state index contributed by atoms with van der Waals surface area (Å²) in [6, 6.07) is 1.97. The van der Waals surface area contributed by atoms with E-state index in [-0.39, 0.29) is 0 Å². The molecule has 1 saturated heterocycles. The highest BCUT2D eigenvalue weighted by Crippen LogP contribution is 2.23. The van der Waals surface area contributed by atoms with Gasteiger partial charge in [-0.3, -0.25) is 9.48 Å². The Morgan fingerprint density at radius 3 is 2.85 bits per heavy atom. The number of aldehydes is 1. The smallest absolute Gasteiger partial charge is 0.152 e. The van der Waals surface area contributed by atoms with Crippen LogP contribution >= 0.6 is 0 Å². The van der Waals surface area contributed by atoms with Gasteiger partial charge in [-0.05, 0) is 30.9 Å². The van der Waals surface area contributed by atoms with Gasteiger partial charge in [0, 0.05) is 44.6 Å². The van der Waals surface area contributed by atoms with E-state index in [9.17, 15) is 4.79 Å². The number of aryl methyl sites for hydroxylation is 1. The number of piperidine rings is 1. The van der Waals surface area contributed by atoms with Crippen LogP contribution in [0.15, 0.2) is 43.1 Å². The highest BCUT2D eigenvalue weighted by Gasteiger charge is 2.18. The highest BCUT2D eigenvalue weighted by molar-refractivity contribution is 5.71. The van der Waals surface area contributed by atoms with E-state index in [2.05, 4.69) is 20.4 Å². The van der Waals surface area contributed by atoms with Crippen molar-refractivity contribution in [2.45, 2.75) is 12.8 Å². The van der Waals surface area contributed by atoms with E-state index in [4.69, 9.17) is 4.98 Å². The van der Waals surface area contributed by atoms with E-state index in [1.807, 2.05) is 42.4 Å². The molecule has 0 aromatic carbocycles. The Labute approximate surface area is 157 Å². The van der Waals surface area contributed by atoms with Gasteiger partial charge < -0.3 is 10.2 Å². The number of nitrogens with zero attached hydrogens (tertiary/aromatic N) is 6. The van der Waals surface area contributed by atoms with Crippen LogP contribution in [-0.2, 0) is 11.8 Å². The van der Waals surface area contributed by atoms with Crippen molar-refractivity contribution in [2.24, 2.45) is 13.0 Å². The van der Waals surface area contributed by atoms with Crippen LogP contribution in [0, 0.1) is 5.92 Å². The molecule has 1 aliphatic heterocycles. The highest BCUT2D eigenvalue weighted by atomic mass is 16.1. The van der Waals surface area contributed by atoms with E-state index in [0.717, 1.165) is 61.4 Å². The minimum Gasteiger partial charge on any atom is -0.377 e. The zero-order valence-corrected chi connectivity index (χ0v) is 15.3. The number of hydrogen-bond donors (Lipinski definition) is 1. The van der Waals surface area contributed by atoms with E-state index in [0.29, 0.717) is 5.92 Å². The maximum Gasteiger partial charge on any atom is 0.152 e. The second-order valence-electron chi connectivity index (χ2n) is 6.88. The van der Waals surface area contributed by atoms with Crippen LogP contribution in [0.1, 0.15) is 12.8 Å². The van der Waals surface area contributed by atoms with Crippen molar-refractivity contribution in [3.63, 3.8) is 0 Å². The molecular formula is C19H23N7O. The monoisotopic (exact) mass is 365 g/mol. The lowest BCUT2D eigenvalue weighted by Gasteiger charge is -2.31. The molecule has 0 spiro atoms. The normalized spacial score (nSPS) is 15.7. The summed E-state index contributed by atoms with van der Waals surface area (Å²) in [5.74, 6) is 1.43. The average Bonchev–Trinajstić information content (AvgIpc) is 3.34. The molecule has 0 amide bonds. The van der Waals surface area contributed by atoms with Gasteiger partial charge in [-0.15, -0.1) is 0 Å². The second kappa shape index (κ2) is 7.61. The summed E-state index contributed by atoms with van der Waals surface area (Å²) in [4.78, 5) is 17.5. The molecule has 0 unspecified atom stereocenters. The number of anilines is 1. The molecule has 0 atom stereocenters. The Kier molecular flexibility index (Phi) is 4.86. The lowest BCUT2D eigenvalue weighted by molar-refractivity contribution is -0.104. The molecule has 0 radical (unpaired) electrons. The molecule has 0 bridgehead atoms. The van der Waals surface area contributed by atoms with Gasteiger partial charge in [-0.2, -0.15) is 10.2 Å². The summed E-state index contributed by atoms with van der Waals surface area (Å²) >= 11 is 0. The minimum absolute atomic E-state index is 0.581. The van der Waals surface area contributed by atoms with Crippen molar-refractivity contribution in [1.82, 2.24) is 29.3 Å². The zero-order valence-electron chi connectivity index (χ0n) is 15.3. The van der Waals surface area contributed by atoms with E-state index in [1.54, 1.807) is 17.0 Å². The lowest BCUT2D eigenvalue weighted by atomic mass is 9.97. The quantitative estimate of drug-likeness (QED) is 0.531. The third-order valence-corrected chi connectivity index (χ3v) is 4.97. The molecule has 0 saturated carbocycles. The van der Waals surface area contributed by atoms with Gasteiger partial charge in [0.25, 0.3) is 0 Å². The zero-order chi connectivity index (χ0) is 18.6. The molecule has 8 nitrogen and oxygen atoms in total. The molecule has 1 fully saturated rings. The SMILES string of the molecule is Cn1cc(-c2cn3nccc3c(NCC3CCN(/C=C/C=O)CC3)n2)cn1. The van der Waals surface area contributed by atoms with Crippen LogP contribution in [-0.4, -0.2) is 55.2 Å². The summed E-state index contributed by atoms with van der Waals surface area (Å²) in [7, 11) is 1.89. The number of carbonyl (C=O) groups is 1. The minimum atomic E-state index is 0.581. The number of likely N-dealkylation sites (tertiary alicyclic amines) is 1. The van der Waals surface area contributed by atoms with Crippen molar-refractivity contribution in [3.8, 4) is 11.3 Å². The molecule has 27 heavy (non-hydrogen) atoms. The number of carbonyl (C=O) groups excluding carboxylic acids is 1. The van der Waals surface area contributed by atoms with Gasteiger partial charge in [0.1, 0.15) is 11.8 Å². The van der Waals surface area contributed by atoms with Crippen molar-refractivity contribution in [2.75, 3.05) is 25.0 Å². The molecule has 1 N–H and O–H groups in total. The number of aromatic nitrogens is 5. The van der Waals surface area contributed by atoms with Crippen LogP contribution in [0.5, 0.6) is 0 Å². The molecule has 8 heteroatoms. The Balaban J connectivity index is 1.47. The molecular weight excluding hydrogens is 342 g/mol. The number of hydrogen-bond acceptors (Lipinski definition) is 6. The fraction of sp³-hybridized carbons (Fsp3) is 0.368. The Morgan fingerprint density at radius 2 is 2.11 bits per heavy atom. The van der Waals surface area contributed by atoms with Crippen LogP contribution in [0.2, 0.25) is 0 Å². The van der Waals surface area contributed by atoms with Gasteiger partial charge >= 0.3 is 0 Å². The first-order valence-corrected chi connectivity index (χ1v) is 9.16. The first kappa shape index (κ1) is 17.3. The molecule has 3 aromatic heterocycles. The fourth-order valence-corrected chi connectivity index (χ4v) is 3.45. The largest absolute Gasteiger partial charge is 0.377 e. The van der Waals surface area contributed by atoms with Gasteiger partial charge in [-0.25, -0.2) is 9.50 Å². The Bertz CT molecular complexity index is 950. The Hall–Kier alpha value is -3.16. The van der Waals surface area contributed by atoms with Gasteiger partial charge in [0.05, 0.1) is 24.3 Å². The molecule has 3 aromatic rings. The third-order valence-electron chi connectivity index (χ3n) is 4.97. The number of rotatable bonds is 6. The molecule has 4 heterocycles. The summed E-state index contributed by atoms with van der Waals surface area (Å²) in [6.07, 6.45) is 13.9. The predicted octanol–water partition coefficient (Wildman–Crippen LogP) is 1.97. The van der Waals surface area contributed by atoms with Crippen LogP contribution in [0.4, 0.5) is 5.82 Å². The summed E-state index contributed by atoms with van der Waals surface area (Å²) in [5, 5.41) is 12.1. The van der Waals surface area contributed by atoms with Crippen molar-refractivity contribution >= 4 is 17.6 Å². The van der Waals surface area contributed by atoms with E-state index < -0.39 is 0 Å². The van der Waals surface area contributed by atoms with Crippen molar-refractivity contribution in [3.05, 3.63) is 43.1 Å². The van der Waals surface area contributed by atoms with Gasteiger partial charge in [-0.1, -0.05) is 0 Å². The molecule has 0 aliphatic carbocycles. The summed E-state index contributed by atoms with van der Waals surface area (Å²) in [6.45, 7) is 2.82. The molecule has 1 aliphatic rings. The summed E-state index contributed by atoms with van der Waals surface area (Å²) < 4.78 is 3.62. The molecule has 140 valence electrons. The maximum atomic E-state index is 10.4. The first-order chi connectivity index (χ1) is 13.2. The van der Waals surface area contributed by atoms with Crippen molar-refractivity contribution < 1.29 is 4.79 Å². The van der Waals surface area contributed by atoms with Crippen LogP contribution in [0.3, 0.4) is 0 Å². The van der Waals surface area contributed by atoms with Crippen LogP contribution < -0.4 is 5.32 Å².